The van der Waals surface area contributed by atoms with Crippen LogP contribution in [-0.4, -0.2) is 59.1 Å². The van der Waals surface area contributed by atoms with E-state index in [1.165, 1.54) is 11.8 Å². The van der Waals surface area contributed by atoms with Crippen molar-refractivity contribution < 1.29 is 14.4 Å². The molecule has 2 N–H and O–H groups in total. The Hall–Kier alpha value is -1.90. The first-order valence-corrected chi connectivity index (χ1v) is 10.2. The molecule has 0 bridgehead atoms. The molecule has 152 valence electrons. The Morgan fingerprint density at radius 3 is 2.71 bits per heavy atom. The van der Waals surface area contributed by atoms with E-state index in [0.29, 0.717) is 22.3 Å². The molecule has 1 aromatic rings. The number of amides is 3. The number of thioether (sulfide) groups is 1. The fourth-order valence-electron chi connectivity index (χ4n) is 2.65. The van der Waals surface area contributed by atoms with Crippen LogP contribution >= 0.6 is 23.4 Å². The Kier molecular flexibility index (Phi) is 8.03. The summed E-state index contributed by atoms with van der Waals surface area (Å²) < 4.78 is 0. The van der Waals surface area contributed by atoms with Crippen LogP contribution in [0.25, 0.3) is 0 Å². The molecule has 0 spiro atoms. The molecule has 2 rings (SSSR count). The maximum atomic E-state index is 12.3. The predicted octanol–water partition coefficient (Wildman–Crippen LogP) is 2.47. The van der Waals surface area contributed by atoms with E-state index in [2.05, 4.69) is 15.6 Å². The smallest absolute Gasteiger partial charge is 0.260 e. The summed E-state index contributed by atoms with van der Waals surface area (Å²) in [4.78, 5) is 42.1. The molecule has 28 heavy (non-hydrogen) atoms. The van der Waals surface area contributed by atoms with Crippen LogP contribution < -0.4 is 10.6 Å². The van der Waals surface area contributed by atoms with Crippen molar-refractivity contribution in [1.82, 2.24) is 10.2 Å². The second-order valence-electron chi connectivity index (χ2n) is 7.01. The summed E-state index contributed by atoms with van der Waals surface area (Å²) in [5, 5.41) is 6.25. The van der Waals surface area contributed by atoms with Crippen LogP contribution in [0, 0.1) is 6.92 Å². The van der Waals surface area contributed by atoms with Crippen molar-refractivity contribution in [3.05, 3.63) is 28.8 Å². The molecule has 0 aliphatic carbocycles. The van der Waals surface area contributed by atoms with Crippen molar-refractivity contribution >= 4 is 51.8 Å². The first-order valence-electron chi connectivity index (χ1n) is 8.96. The number of rotatable bonds is 8. The minimum atomic E-state index is -0.549. The van der Waals surface area contributed by atoms with Crippen LogP contribution in [0.4, 0.5) is 5.69 Å². The molecule has 9 heteroatoms. The van der Waals surface area contributed by atoms with Gasteiger partial charge in [0, 0.05) is 29.7 Å². The molecule has 1 atom stereocenters. The second kappa shape index (κ2) is 10.0. The number of nitrogens with zero attached hydrogens (tertiary/aromatic N) is 2. The number of hydrogen-bond donors (Lipinski definition) is 2. The normalized spacial score (nSPS) is 16.5. The first kappa shape index (κ1) is 22.4. The van der Waals surface area contributed by atoms with E-state index in [1.54, 1.807) is 30.1 Å². The number of anilines is 1. The van der Waals surface area contributed by atoms with E-state index >= 15 is 0 Å². The number of nitrogens with one attached hydrogen (secondary N) is 2. The van der Waals surface area contributed by atoms with Crippen LogP contribution in [0.15, 0.2) is 23.2 Å². The number of likely N-dealkylation sites (N-methyl/N-ethyl adjacent to an activating group) is 1. The molecule has 0 fully saturated rings. The van der Waals surface area contributed by atoms with Gasteiger partial charge in [-0.1, -0.05) is 29.4 Å². The largest absolute Gasteiger partial charge is 0.353 e. The van der Waals surface area contributed by atoms with Crippen molar-refractivity contribution in [2.24, 2.45) is 4.99 Å². The quantitative estimate of drug-likeness (QED) is 0.669. The van der Waals surface area contributed by atoms with Gasteiger partial charge in [0.25, 0.3) is 5.91 Å². The average Bonchev–Trinajstić information content (AvgIpc) is 2.89. The highest BCUT2D eigenvalue weighted by molar-refractivity contribution is 8.15. The Morgan fingerprint density at radius 1 is 1.32 bits per heavy atom. The van der Waals surface area contributed by atoms with E-state index in [9.17, 15) is 14.4 Å². The lowest BCUT2D eigenvalue weighted by Crippen LogP contribution is -2.39. The van der Waals surface area contributed by atoms with Crippen LogP contribution in [-0.2, 0) is 14.4 Å². The summed E-state index contributed by atoms with van der Waals surface area (Å²) in [6, 6.07) is 5.35. The summed E-state index contributed by atoms with van der Waals surface area (Å²) in [5.41, 5.74) is 1.41. The lowest BCUT2D eigenvalue weighted by molar-refractivity contribution is -0.122. The summed E-state index contributed by atoms with van der Waals surface area (Å²) >= 11 is 7.34. The lowest BCUT2D eigenvalue weighted by atomic mass is 10.2. The molecule has 7 nitrogen and oxygen atoms in total. The summed E-state index contributed by atoms with van der Waals surface area (Å²) in [7, 11) is 1.79. The van der Waals surface area contributed by atoms with Crippen LogP contribution in [0.5, 0.6) is 0 Å². The maximum Gasteiger partial charge on any atom is 0.260 e. The van der Waals surface area contributed by atoms with Gasteiger partial charge in [-0.25, -0.2) is 4.99 Å². The third-order valence-corrected chi connectivity index (χ3v) is 5.52. The number of benzene rings is 1. The molecular formula is C19H25ClN4O3S. The number of carbonyl (C=O) groups is 3. The van der Waals surface area contributed by atoms with Gasteiger partial charge in [0.2, 0.25) is 11.8 Å². The molecule has 1 aliphatic heterocycles. The Balaban J connectivity index is 1.84. The van der Waals surface area contributed by atoms with Gasteiger partial charge < -0.3 is 10.6 Å². The molecule has 0 saturated heterocycles. The minimum absolute atomic E-state index is 0.0278. The van der Waals surface area contributed by atoms with Gasteiger partial charge in [-0.15, -0.1) is 0 Å². The SMILES string of the molecule is Cc1c(Cl)cccc1NC(=O)C[C@@H]1SC(CN(C)CC(=O)NC(C)C)=NC1=O. The molecular weight excluding hydrogens is 400 g/mol. The zero-order valence-electron chi connectivity index (χ0n) is 16.4. The summed E-state index contributed by atoms with van der Waals surface area (Å²) in [5.74, 6) is -0.671. The van der Waals surface area contributed by atoms with E-state index in [0.717, 1.165) is 5.56 Å². The lowest BCUT2D eigenvalue weighted by Gasteiger charge is -2.17. The third-order valence-electron chi connectivity index (χ3n) is 3.97. The molecule has 0 saturated carbocycles. The van der Waals surface area contributed by atoms with Gasteiger partial charge in [-0.05, 0) is 45.5 Å². The highest BCUT2D eigenvalue weighted by Crippen LogP contribution is 2.27. The van der Waals surface area contributed by atoms with Crippen LogP contribution in [0.3, 0.4) is 0 Å². The number of aliphatic imine (C=N–C) groups is 1. The molecule has 0 aromatic heterocycles. The van der Waals surface area contributed by atoms with Crippen molar-refractivity contribution in [1.29, 1.82) is 0 Å². The van der Waals surface area contributed by atoms with Gasteiger partial charge in [-0.2, -0.15) is 0 Å². The predicted molar refractivity (Wildman–Crippen MR) is 114 cm³/mol. The molecule has 1 aliphatic rings. The van der Waals surface area contributed by atoms with Crippen molar-refractivity contribution in [3.63, 3.8) is 0 Å². The van der Waals surface area contributed by atoms with Gasteiger partial charge in [0.05, 0.1) is 11.6 Å². The fourth-order valence-corrected chi connectivity index (χ4v) is 3.98. The average molecular weight is 425 g/mol. The minimum Gasteiger partial charge on any atom is -0.353 e. The van der Waals surface area contributed by atoms with E-state index in [-0.39, 0.29) is 36.7 Å². The fraction of sp³-hybridized carbons (Fsp3) is 0.474. The van der Waals surface area contributed by atoms with E-state index in [1.807, 2.05) is 20.8 Å². The molecule has 1 heterocycles. The van der Waals surface area contributed by atoms with Gasteiger partial charge in [-0.3, -0.25) is 19.3 Å². The highest BCUT2D eigenvalue weighted by Gasteiger charge is 2.31. The number of carbonyl (C=O) groups excluding carboxylic acids is 3. The van der Waals surface area contributed by atoms with Gasteiger partial charge in [0.15, 0.2) is 0 Å². The Morgan fingerprint density at radius 2 is 2.04 bits per heavy atom. The van der Waals surface area contributed by atoms with Crippen LogP contribution in [0.2, 0.25) is 5.02 Å². The first-order chi connectivity index (χ1) is 13.2. The van der Waals surface area contributed by atoms with Gasteiger partial charge >= 0.3 is 0 Å². The van der Waals surface area contributed by atoms with E-state index < -0.39 is 5.25 Å². The number of hydrogen-bond acceptors (Lipinski definition) is 5. The standard InChI is InChI=1S/C19H25ClN4O3S/c1-11(2)21-17(26)9-24(4)10-18-23-19(27)15(28-18)8-16(25)22-14-7-5-6-13(20)12(14)3/h5-7,11,15H,8-10H2,1-4H3,(H,21,26)(H,22,25)/t15-/m0/s1. The second-order valence-corrected chi connectivity index (χ2v) is 8.69. The topological polar surface area (TPSA) is 90.9 Å². The zero-order valence-corrected chi connectivity index (χ0v) is 18.0. The molecule has 0 radical (unpaired) electrons. The van der Waals surface area contributed by atoms with Crippen LogP contribution in [0.1, 0.15) is 25.8 Å². The maximum absolute atomic E-state index is 12.3. The Bertz CT molecular complexity index is 797. The number of halogens is 1. The van der Waals surface area contributed by atoms with Gasteiger partial charge in [0.1, 0.15) is 5.25 Å². The van der Waals surface area contributed by atoms with E-state index in [4.69, 9.17) is 11.6 Å². The third kappa shape index (κ3) is 6.61. The van der Waals surface area contributed by atoms with Crippen molar-refractivity contribution in [3.8, 4) is 0 Å². The van der Waals surface area contributed by atoms with Crippen molar-refractivity contribution in [2.75, 3.05) is 25.5 Å². The molecule has 3 amide bonds. The summed E-state index contributed by atoms with van der Waals surface area (Å²) in [6.07, 6.45) is 0.0278. The monoisotopic (exact) mass is 424 g/mol. The molecule has 0 unspecified atom stereocenters. The summed E-state index contributed by atoms with van der Waals surface area (Å²) in [6.45, 7) is 6.21. The molecule has 1 aromatic carbocycles. The van der Waals surface area contributed by atoms with Crippen molar-refractivity contribution in [2.45, 2.75) is 38.5 Å². The highest BCUT2D eigenvalue weighted by atomic mass is 35.5. The Labute approximate surface area is 174 Å². The zero-order chi connectivity index (χ0) is 20.8.